The average Bonchev–Trinajstić information content (AvgIpc) is 2.15. The highest BCUT2D eigenvalue weighted by Crippen LogP contribution is 2.28. The Morgan fingerprint density at radius 1 is 1.07 bits per heavy atom. The van der Waals surface area contributed by atoms with Crippen LogP contribution in [0.1, 0.15) is 11.1 Å². The van der Waals surface area contributed by atoms with Crippen LogP contribution in [-0.4, -0.2) is 4.98 Å². The number of hydrogen-bond donors (Lipinski definition) is 0. The first kappa shape index (κ1) is 9.75. The summed E-state index contributed by atoms with van der Waals surface area (Å²) in [5.41, 5.74) is 3.21. The summed E-state index contributed by atoms with van der Waals surface area (Å²) in [6.07, 6.45) is 0. The second kappa shape index (κ2) is 3.41. The summed E-state index contributed by atoms with van der Waals surface area (Å²) in [5.74, 6) is 0. The predicted molar refractivity (Wildman–Crippen MR) is 61.2 cm³/mol. The van der Waals surface area contributed by atoms with Crippen LogP contribution in [-0.2, 0) is 0 Å². The van der Waals surface area contributed by atoms with Gasteiger partial charge in [-0.25, -0.2) is 4.98 Å². The lowest BCUT2D eigenvalue weighted by atomic mass is 10.1. The molecule has 0 bridgehead atoms. The van der Waals surface area contributed by atoms with E-state index in [9.17, 15) is 0 Å². The summed E-state index contributed by atoms with van der Waals surface area (Å²) >= 11 is 11.8. The Bertz CT molecular complexity index is 460. The van der Waals surface area contributed by atoms with Crippen molar-refractivity contribution in [2.45, 2.75) is 13.8 Å². The monoisotopic (exact) mass is 225 g/mol. The van der Waals surface area contributed by atoms with Crippen molar-refractivity contribution in [3.63, 3.8) is 0 Å². The SMILES string of the molecule is Cc1ccc(C)c2nc(Cl)c(Cl)cc12. The molecule has 1 aromatic heterocycles. The second-order valence-electron chi connectivity index (χ2n) is 3.36. The molecule has 0 N–H and O–H groups in total. The average molecular weight is 226 g/mol. The number of pyridine rings is 1. The van der Waals surface area contributed by atoms with Gasteiger partial charge in [0.05, 0.1) is 10.5 Å². The summed E-state index contributed by atoms with van der Waals surface area (Å²) in [5, 5.41) is 1.94. The zero-order valence-corrected chi connectivity index (χ0v) is 9.45. The third-order valence-corrected chi connectivity index (χ3v) is 2.99. The molecule has 2 rings (SSSR count). The highest BCUT2D eigenvalue weighted by molar-refractivity contribution is 6.41. The molecule has 1 nitrogen and oxygen atoms in total. The fourth-order valence-corrected chi connectivity index (χ4v) is 1.78. The number of fused-ring (bicyclic) bond motifs is 1. The normalized spacial score (nSPS) is 10.9. The summed E-state index contributed by atoms with van der Waals surface area (Å²) in [6.45, 7) is 4.05. The zero-order chi connectivity index (χ0) is 10.3. The molecule has 1 aromatic carbocycles. The Hall–Kier alpha value is -0.790. The quantitative estimate of drug-likeness (QED) is 0.614. The van der Waals surface area contributed by atoms with E-state index in [1.807, 2.05) is 26.0 Å². The molecule has 72 valence electrons. The van der Waals surface area contributed by atoms with E-state index in [0.717, 1.165) is 22.0 Å². The first-order chi connectivity index (χ1) is 6.59. The fraction of sp³-hybridized carbons (Fsp3) is 0.182. The van der Waals surface area contributed by atoms with E-state index in [-0.39, 0.29) is 0 Å². The molecule has 0 radical (unpaired) electrons. The van der Waals surface area contributed by atoms with Gasteiger partial charge in [0, 0.05) is 5.39 Å². The zero-order valence-electron chi connectivity index (χ0n) is 7.94. The van der Waals surface area contributed by atoms with Gasteiger partial charge in [-0.15, -0.1) is 0 Å². The van der Waals surface area contributed by atoms with Gasteiger partial charge < -0.3 is 0 Å². The van der Waals surface area contributed by atoms with E-state index in [1.165, 1.54) is 0 Å². The van der Waals surface area contributed by atoms with E-state index < -0.39 is 0 Å². The van der Waals surface area contributed by atoms with Crippen LogP contribution >= 0.6 is 23.2 Å². The lowest BCUT2D eigenvalue weighted by molar-refractivity contribution is 1.34. The van der Waals surface area contributed by atoms with Crippen LogP contribution in [0.25, 0.3) is 10.9 Å². The van der Waals surface area contributed by atoms with E-state index in [2.05, 4.69) is 11.1 Å². The molecule has 0 aliphatic carbocycles. The highest BCUT2D eigenvalue weighted by atomic mass is 35.5. The Morgan fingerprint density at radius 2 is 1.71 bits per heavy atom. The molecule has 0 fully saturated rings. The smallest absolute Gasteiger partial charge is 0.148 e. The minimum Gasteiger partial charge on any atom is -0.234 e. The minimum atomic E-state index is 0.368. The Labute approximate surface area is 92.7 Å². The van der Waals surface area contributed by atoms with Gasteiger partial charge in [0.1, 0.15) is 5.15 Å². The molecule has 0 aliphatic rings. The van der Waals surface area contributed by atoms with Gasteiger partial charge in [-0.2, -0.15) is 0 Å². The first-order valence-electron chi connectivity index (χ1n) is 4.31. The lowest BCUT2D eigenvalue weighted by Crippen LogP contribution is -1.87. The van der Waals surface area contributed by atoms with Crippen molar-refractivity contribution < 1.29 is 0 Å². The van der Waals surface area contributed by atoms with Crippen molar-refractivity contribution in [1.29, 1.82) is 0 Å². The van der Waals surface area contributed by atoms with Crippen LogP contribution in [0, 0.1) is 13.8 Å². The molecule has 2 aromatic rings. The number of aromatic nitrogens is 1. The Kier molecular flexibility index (Phi) is 2.38. The third-order valence-electron chi connectivity index (χ3n) is 2.31. The van der Waals surface area contributed by atoms with Crippen LogP contribution in [0.15, 0.2) is 18.2 Å². The van der Waals surface area contributed by atoms with Crippen LogP contribution in [0.4, 0.5) is 0 Å². The molecular formula is C11H9Cl2N. The summed E-state index contributed by atoms with van der Waals surface area (Å²) in [7, 11) is 0. The number of hydrogen-bond acceptors (Lipinski definition) is 1. The molecule has 0 saturated heterocycles. The molecule has 0 amide bonds. The number of rotatable bonds is 0. The Morgan fingerprint density at radius 3 is 2.43 bits per heavy atom. The van der Waals surface area contributed by atoms with Gasteiger partial charge in [0.2, 0.25) is 0 Å². The van der Waals surface area contributed by atoms with Crippen LogP contribution < -0.4 is 0 Å². The van der Waals surface area contributed by atoms with Crippen molar-refractivity contribution in [3.05, 3.63) is 39.5 Å². The highest BCUT2D eigenvalue weighted by Gasteiger charge is 2.06. The van der Waals surface area contributed by atoms with Gasteiger partial charge >= 0.3 is 0 Å². The fourth-order valence-electron chi connectivity index (χ4n) is 1.49. The standard InChI is InChI=1S/C11H9Cl2N/c1-6-3-4-7(2)10-8(6)5-9(12)11(13)14-10/h3-5H,1-2H3. The number of aryl methyl sites for hydroxylation is 2. The summed E-state index contributed by atoms with van der Waals surface area (Å²) in [6, 6.07) is 5.97. The van der Waals surface area contributed by atoms with Gasteiger partial charge in [0.15, 0.2) is 0 Å². The van der Waals surface area contributed by atoms with E-state index in [1.54, 1.807) is 0 Å². The van der Waals surface area contributed by atoms with Gasteiger partial charge in [-0.05, 0) is 31.0 Å². The van der Waals surface area contributed by atoms with E-state index in [4.69, 9.17) is 23.2 Å². The first-order valence-corrected chi connectivity index (χ1v) is 5.07. The van der Waals surface area contributed by atoms with Gasteiger partial charge in [-0.1, -0.05) is 35.3 Å². The maximum atomic E-state index is 5.92. The molecule has 0 saturated carbocycles. The summed E-state index contributed by atoms with van der Waals surface area (Å²) in [4.78, 5) is 4.27. The largest absolute Gasteiger partial charge is 0.234 e. The van der Waals surface area contributed by atoms with Gasteiger partial charge in [-0.3, -0.25) is 0 Å². The molecule has 14 heavy (non-hydrogen) atoms. The molecule has 0 aliphatic heterocycles. The van der Waals surface area contributed by atoms with E-state index >= 15 is 0 Å². The molecule has 0 unspecified atom stereocenters. The van der Waals surface area contributed by atoms with Crippen molar-refractivity contribution in [2.24, 2.45) is 0 Å². The molecule has 0 atom stereocenters. The van der Waals surface area contributed by atoms with Crippen molar-refractivity contribution in [3.8, 4) is 0 Å². The summed E-state index contributed by atoms with van der Waals surface area (Å²) < 4.78 is 0. The van der Waals surface area contributed by atoms with Gasteiger partial charge in [0.25, 0.3) is 0 Å². The van der Waals surface area contributed by atoms with Crippen molar-refractivity contribution >= 4 is 34.1 Å². The van der Waals surface area contributed by atoms with E-state index in [0.29, 0.717) is 10.2 Å². The Balaban J connectivity index is 2.94. The van der Waals surface area contributed by atoms with Crippen LogP contribution in [0.2, 0.25) is 10.2 Å². The maximum Gasteiger partial charge on any atom is 0.148 e. The van der Waals surface area contributed by atoms with Crippen LogP contribution in [0.5, 0.6) is 0 Å². The maximum absolute atomic E-state index is 5.92. The van der Waals surface area contributed by atoms with Crippen molar-refractivity contribution in [2.75, 3.05) is 0 Å². The minimum absolute atomic E-state index is 0.368. The molecule has 3 heteroatoms. The number of nitrogens with zero attached hydrogens (tertiary/aromatic N) is 1. The number of benzene rings is 1. The second-order valence-corrected chi connectivity index (χ2v) is 4.12. The molecule has 1 heterocycles. The van der Waals surface area contributed by atoms with Crippen molar-refractivity contribution in [1.82, 2.24) is 4.98 Å². The molecule has 0 spiro atoms. The third kappa shape index (κ3) is 1.47. The molecular weight excluding hydrogens is 217 g/mol. The lowest BCUT2D eigenvalue weighted by Gasteiger charge is -2.05. The predicted octanol–water partition coefficient (Wildman–Crippen LogP) is 4.16. The number of halogens is 2. The van der Waals surface area contributed by atoms with Crippen LogP contribution in [0.3, 0.4) is 0 Å². The topological polar surface area (TPSA) is 12.9 Å².